The van der Waals surface area contributed by atoms with Gasteiger partial charge in [0.05, 0.1) is 30.1 Å². The van der Waals surface area contributed by atoms with E-state index in [1.165, 1.54) is 13.2 Å². The van der Waals surface area contributed by atoms with E-state index in [0.29, 0.717) is 16.0 Å². The molecule has 15 nitrogen and oxygen atoms in total. The summed E-state index contributed by atoms with van der Waals surface area (Å²) in [6, 6.07) is 6.75. The summed E-state index contributed by atoms with van der Waals surface area (Å²) in [5.74, 6) is -5.90. The molecule has 1 aromatic heterocycles. The van der Waals surface area contributed by atoms with Gasteiger partial charge in [0.15, 0.2) is 11.3 Å². The van der Waals surface area contributed by atoms with Gasteiger partial charge in [0.1, 0.15) is 11.9 Å². The zero-order valence-electron chi connectivity index (χ0n) is 25.4. The van der Waals surface area contributed by atoms with Crippen molar-refractivity contribution in [3.8, 4) is 18.4 Å². The number of nitrogens with one attached hydrogen (secondary N) is 1. The number of methoxy groups -OCH3 is 1. The molecule has 3 aromatic rings. The van der Waals surface area contributed by atoms with Crippen LogP contribution in [0.3, 0.4) is 0 Å². The first-order valence-electron chi connectivity index (χ1n) is 14.0. The van der Waals surface area contributed by atoms with Crippen LogP contribution in [-0.2, 0) is 25.7 Å². The highest BCUT2D eigenvalue weighted by Crippen LogP contribution is 2.29. The first-order chi connectivity index (χ1) is 22.2. The van der Waals surface area contributed by atoms with Crippen molar-refractivity contribution in [3.05, 3.63) is 63.7 Å². The van der Waals surface area contributed by atoms with E-state index < -0.39 is 83.8 Å². The number of ether oxygens (including phenoxy) is 1. The summed E-state index contributed by atoms with van der Waals surface area (Å²) in [4.78, 5) is 82.9. The van der Waals surface area contributed by atoms with Crippen molar-refractivity contribution in [2.24, 2.45) is 5.73 Å². The SMILES string of the molecule is C#CCN(Cc1ccc2nc(OC)[nH]c(=O)c2c1)c1ccc(C(=O)N(C)[C@@](CCC(=O)O)(C(=O)O)C(=O)CC[C@H](N)C(=O)O)c(F)c1. The van der Waals surface area contributed by atoms with Crippen LogP contribution < -0.4 is 20.9 Å². The number of fused-ring (bicyclic) bond motifs is 1. The molecule has 0 fully saturated rings. The van der Waals surface area contributed by atoms with Gasteiger partial charge >= 0.3 is 17.9 Å². The summed E-state index contributed by atoms with van der Waals surface area (Å²) in [7, 11) is 2.27. The molecule has 248 valence electrons. The van der Waals surface area contributed by atoms with Crippen molar-refractivity contribution in [2.75, 3.05) is 25.6 Å². The smallest absolute Gasteiger partial charge is 0.337 e. The third-order valence-electron chi connectivity index (χ3n) is 7.54. The van der Waals surface area contributed by atoms with Crippen LogP contribution in [0.25, 0.3) is 10.9 Å². The number of aromatic nitrogens is 2. The Morgan fingerprint density at radius 3 is 2.40 bits per heavy atom. The molecule has 0 aliphatic carbocycles. The third kappa shape index (κ3) is 7.89. The number of amides is 1. The van der Waals surface area contributed by atoms with Gasteiger partial charge in [0.2, 0.25) is 0 Å². The summed E-state index contributed by atoms with van der Waals surface area (Å²) < 4.78 is 20.6. The molecular formula is C31H32FN5O10. The van der Waals surface area contributed by atoms with Gasteiger partial charge in [-0.15, -0.1) is 6.42 Å². The molecule has 0 bridgehead atoms. The average Bonchev–Trinajstić information content (AvgIpc) is 3.02. The van der Waals surface area contributed by atoms with E-state index in [4.69, 9.17) is 22.0 Å². The minimum Gasteiger partial charge on any atom is -0.481 e. The number of halogens is 1. The molecule has 2 atom stereocenters. The molecule has 6 N–H and O–H groups in total. The van der Waals surface area contributed by atoms with Gasteiger partial charge in [-0.25, -0.2) is 9.18 Å². The summed E-state index contributed by atoms with van der Waals surface area (Å²) in [5.41, 5.74) is 2.79. The van der Waals surface area contributed by atoms with E-state index >= 15 is 4.39 Å². The lowest BCUT2D eigenvalue weighted by atomic mass is 9.83. The lowest BCUT2D eigenvalue weighted by Gasteiger charge is -2.37. The van der Waals surface area contributed by atoms with Gasteiger partial charge in [-0.3, -0.25) is 29.0 Å². The number of carbonyl (C=O) groups is 5. The number of nitrogens with two attached hydrogens (primary N) is 1. The molecular weight excluding hydrogens is 621 g/mol. The number of likely N-dealkylation sites (N-methyl/N-ethyl adjacent to an activating group) is 1. The molecule has 0 aliphatic rings. The molecule has 0 unspecified atom stereocenters. The maximum atomic E-state index is 15.6. The predicted molar refractivity (Wildman–Crippen MR) is 164 cm³/mol. The number of benzene rings is 2. The topological polar surface area (TPSA) is 234 Å². The number of rotatable bonds is 16. The first-order valence-corrected chi connectivity index (χ1v) is 14.0. The Hall–Kier alpha value is -5.82. The van der Waals surface area contributed by atoms with E-state index in [9.17, 15) is 39.0 Å². The van der Waals surface area contributed by atoms with Gasteiger partial charge in [0.25, 0.3) is 17.5 Å². The van der Waals surface area contributed by atoms with Crippen molar-refractivity contribution < 1.29 is 48.4 Å². The molecule has 16 heteroatoms. The number of hydrogen-bond donors (Lipinski definition) is 5. The Morgan fingerprint density at radius 1 is 1.13 bits per heavy atom. The van der Waals surface area contributed by atoms with Crippen molar-refractivity contribution in [1.82, 2.24) is 14.9 Å². The normalized spacial score (nSPS) is 12.7. The highest BCUT2D eigenvalue weighted by atomic mass is 19.1. The zero-order valence-corrected chi connectivity index (χ0v) is 25.4. The highest BCUT2D eigenvalue weighted by molar-refractivity contribution is 6.12. The van der Waals surface area contributed by atoms with E-state index in [1.54, 1.807) is 23.1 Å². The lowest BCUT2D eigenvalue weighted by Crippen LogP contribution is -2.61. The number of Topliss-reactive ketones (excluding diaryl/α,β-unsaturated/α-hetero) is 1. The Balaban J connectivity index is 1.95. The van der Waals surface area contributed by atoms with E-state index in [-0.39, 0.29) is 30.2 Å². The number of hydrogen-bond acceptors (Lipinski definition) is 10. The van der Waals surface area contributed by atoms with Crippen LogP contribution in [0.15, 0.2) is 41.2 Å². The van der Waals surface area contributed by atoms with Crippen molar-refractivity contribution >= 4 is 46.2 Å². The standard InChI is InChI=1S/C31H32FN5O10/c1-4-13-37(16-17-5-9-23-20(14-17)26(41)35-30(34-23)47-3)18-6-7-19(21(32)15-18)27(42)36(2)31(29(45)46,12-11-25(39)40)24(38)10-8-22(33)28(43)44/h1,5-7,9,14-15,22H,8,10-13,16,33H2,2-3H3,(H,39,40)(H,43,44)(H,45,46)(H,34,35,41)/t22-,31+/m0/s1. The van der Waals surface area contributed by atoms with Crippen molar-refractivity contribution in [1.29, 1.82) is 0 Å². The lowest BCUT2D eigenvalue weighted by molar-refractivity contribution is -0.156. The van der Waals surface area contributed by atoms with E-state index in [1.807, 2.05) is 0 Å². The van der Waals surface area contributed by atoms with Gasteiger partial charge in [-0.05, 0) is 48.7 Å². The summed E-state index contributed by atoms with van der Waals surface area (Å²) in [6.07, 6.45) is 2.59. The zero-order chi connectivity index (χ0) is 35.1. The number of carboxylic acid groups (broad SMARTS) is 3. The largest absolute Gasteiger partial charge is 0.481 e. The molecule has 0 radical (unpaired) electrons. The van der Waals surface area contributed by atoms with Gasteiger partial charge in [0, 0.05) is 32.1 Å². The van der Waals surface area contributed by atoms with E-state index in [2.05, 4.69) is 15.9 Å². The number of carboxylic acids is 3. The van der Waals surface area contributed by atoms with Crippen LogP contribution in [0.2, 0.25) is 0 Å². The fourth-order valence-corrected chi connectivity index (χ4v) is 4.93. The van der Waals surface area contributed by atoms with Gasteiger partial charge in [-0.1, -0.05) is 12.0 Å². The van der Waals surface area contributed by atoms with Crippen LogP contribution in [0.4, 0.5) is 10.1 Å². The Morgan fingerprint density at radius 2 is 1.83 bits per heavy atom. The van der Waals surface area contributed by atoms with E-state index in [0.717, 1.165) is 19.2 Å². The third-order valence-corrected chi connectivity index (χ3v) is 7.54. The summed E-state index contributed by atoms with van der Waals surface area (Å²) >= 11 is 0. The molecule has 2 aromatic carbocycles. The molecule has 0 saturated heterocycles. The Kier molecular flexibility index (Phi) is 11.4. The van der Waals surface area contributed by atoms with Crippen molar-refractivity contribution in [3.63, 3.8) is 0 Å². The number of nitrogens with zero attached hydrogens (tertiary/aromatic N) is 3. The molecule has 1 heterocycles. The predicted octanol–water partition coefficient (Wildman–Crippen LogP) is 1.23. The van der Waals surface area contributed by atoms with Gasteiger partial charge in [-0.2, -0.15) is 4.98 Å². The first kappa shape index (κ1) is 35.7. The second-order valence-electron chi connectivity index (χ2n) is 10.5. The fourth-order valence-electron chi connectivity index (χ4n) is 4.93. The quantitative estimate of drug-likeness (QED) is 0.108. The van der Waals surface area contributed by atoms with Crippen LogP contribution in [0, 0.1) is 18.2 Å². The molecule has 47 heavy (non-hydrogen) atoms. The second-order valence-corrected chi connectivity index (χ2v) is 10.5. The average molecular weight is 654 g/mol. The molecule has 3 rings (SSSR count). The number of ketones is 1. The van der Waals surface area contributed by atoms with Crippen LogP contribution in [0.5, 0.6) is 6.01 Å². The molecule has 0 saturated carbocycles. The molecule has 1 amide bonds. The fraction of sp³-hybridized carbons (Fsp3) is 0.323. The Bertz CT molecular complexity index is 1820. The minimum atomic E-state index is -2.78. The van der Waals surface area contributed by atoms with Crippen LogP contribution in [0.1, 0.15) is 41.6 Å². The maximum Gasteiger partial charge on any atom is 0.337 e. The van der Waals surface area contributed by atoms with Gasteiger partial charge < -0.3 is 35.6 Å². The highest BCUT2D eigenvalue weighted by Gasteiger charge is 2.51. The number of aliphatic carboxylic acids is 3. The monoisotopic (exact) mass is 653 g/mol. The number of carbonyl (C=O) groups excluding carboxylic acids is 2. The molecule has 0 spiro atoms. The van der Waals surface area contributed by atoms with Crippen molar-refractivity contribution in [2.45, 2.75) is 43.8 Å². The minimum absolute atomic E-state index is 0.0216. The second kappa shape index (κ2) is 15.0. The summed E-state index contributed by atoms with van der Waals surface area (Å²) in [5, 5.41) is 28.7. The number of terminal acetylenes is 1. The maximum absolute atomic E-state index is 15.6. The Labute approximate surface area is 266 Å². The number of aromatic amines is 1. The number of H-pyrrole nitrogens is 1. The summed E-state index contributed by atoms with van der Waals surface area (Å²) in [6.45, 7) is 0.0781. The van der Waals surface area contributed by atoms with Crippen LogP contribution in [-0.4, -0.2) is 92.1 Å². The number of anilines is 1. The van der Waals surface area contributed by atoms with Crippen LogP contribution >= 0.6 is 0 Å². The molecule has 0 aliphatic heterocycles.